The topological polar surface area (TPSA) is 116 Å². The number of benzene rings is 1. The Kier molecular flexibility index (Phi) is 3.63. The predicted molar refractivity (Wildman–Crippen MR) is 70.7 cm³/mol. The van der Waals surface area contributed by atoms with Gasteiger partial charge in [0.1, 0.15) is 17.4 Å². The number of hydrogen-bond acceptors (Lipinski definition) is 5. The van der Waals surface area contributed by atoms with E-state index in [-0.39, 0.29) is 18.2 Å². The van der Waals surface area contributed by atoms with Crippen LogP contribution in [0.2, 0.25) is 0 Å². The zero-order chi connectivity index (χ0) is 14.9. The lowest BCUT2D eigenvalue weighted by Crippen LogP contribution is -2.46. The number of nitrogens with two attached hydrogens (primary N) is 1. The Bertz CT molecular complexity index is 560. The summed E-state index contributed by atoms with van der Waals surface area (Å²) in [6.07, 6.45) is 0.868. The van der Waals surface area contributed by atoms with E-state index in [2.05, 4.69) is 0 Å². The van der Waals surface area contributed by atoms with Crippen LogP contribution in [-0.4, -0.2) is 27.6 Å². The molecule has 108 valence electrons. The number of nitro groups is 1. The highest BCUT2D eigenvalue weighted by Gasteiger charge is 2.43. The quantitative estimate of drug-likeness (QED) is 0.639. The molecule has 0 heterocycles. The number of carboxylic acid groups (broad SMARTS) is 1. The van der Waals surface area contributed by atoms with Crippen molar-refractivity contribution in [1.29, 1.82) is 0 Å². The van der Waals surface area contributed by atoms with Crippen LogP contribution in [0.15, 0.2) is 18.2 Å². The van der Waals surface area contributed by atoms with E-state index in [0.717, 1.165) is 0 Å². The molecule has 0 radical (unpaired) electrons. The van der Waals surface area contributed by atoms with Gasteiger partial charge in [0.2, 0.25) is 0 Å². The summed E-state index contributed by atoms with van der Waals surface area (Å²) in [5.74, 6) is -0.531. The lowest BCUT2D eigenvalue weighted by Gasteiger charge is -2.18. The Morgan fingerprint density at radius 1 is 1.60 bits per heavy atom. The first-order chi connectivity index (χ1) is 9.32. The van der Waals surface area contributed by atoms with Gasteiger partial charge in [-0.3, -0.25) is 14.9 Å². The summed E-state index contributed by atoms with van der Waals surface area (Å²) in [6, 6.07) is 4.48. The highest BCUT2D eigenvalue weighted by molar-refractivity contribution is 5.79. The minimum Gasteiger partial charge on any atom is -0.490 e. The molecule has 0 aliphatic heterocycles. The fourth-order valence-electron chi connectivity index (χ4n) is 2.42. The maximum absolute atomic E-state index is 11.0. The summed E-state index contributed by atoms with van der Waals surface area (Å²) in [7, 11) is 0. The minimum absolute atomic E-state index is 0.0301. The van der Waals surface area contributed by atoms with Crippen LogP contribution in [-0.2, 0) is 4.79 Å². The van der Waals surface area contributed by atoms with Crippen molar-refractivity contribution < 1.29 is 19.6 Å². The molecule has 0 saturated heterocycles. The summed E-state index contributed by atoms with van der Waals surface area (Å²) < 4.78 is 5.67. The van der Waals surface area contributed by atoms with Crippen LogP contribution in [0.3, 0.4) is 0 Å². The van der Waals surface area contributed by atoms with Gasteiger partial charge in [-0.05, 0) is 31.9 Å². The molecule has 1 aliphatic carbocycles. The number of aliphatic carboxylic acids is 1. The highest BCUT2D eigenvalue weighted by Crippen LogP contribution is 2.32. The smallest absolute Gasteiger partial charge is 0.323 e. The van der Waals surface area contributed by atoms with Crippen molar-refractivity contribution in [2.45, 2.75) is 37.8 Å². The third-order valence-electron chi connectivity index (χ3n) is 3.60. The zero-order valence-corrected chi connectivity index (χ0v) is 11.0. The van der Waals surface area contributed by atoms with Crippen LogP contribution < -0.4 is 10.5 Å². The molecule has 0 amide bonds. The van der Waals surface area contributed by atoms with Crippen molar-refractivity contribution in [3.05, 3.63) is 33.9 Å². The molecule has 0 bridgehead atoms. The Labute approximate surface area is 115 Å². The molecule has 7 heteroatoms. The van der Waals surface area contributed by atoms with Crippen LogP contribution in [0.4, 0.5) is 5.69 Å². The van der Waals surface area contributed by atoms with E-state index in [4.69, 9.17) is 15.6 Å². The Hall–Kier alpha value is -2.15. The largest absolute Gasteiger partial charge is 0.490 e. The van der Waals surface area contributed by atoms with E-state index in [1.54, 1.807) is 13.0 Å². The molecule has 2 rings (SSSR count). The van der Waals surface area contributed by atoms with Crippen LogP contribution in [0.25, 0.3) is 0 Å². The van der Waals surface area contributed by atoms with Crippen LogP contribution in [0, 0.1) is 17.0 Å². The standard InChI is InChI=1S/C13H16N2O5/c1-8-6-9(2-3-11(8)15(18)19)20-10-4-5-13(14,7-10)12(16)17/h2-3,6,10H,4-5,7,14H2,1H3,(H,16,17). The number of hydrogen-bond donors (Lipinski definition) is 2. The fraction of sp³-hybridized carbons (Fsp3) is 0.462. The van der Waals surface area contributed by atoms with Crippen molar-refractivity contribution in [1.82, 2.24) is 0 Å². The Morgan fingerprint density at radius 3 is 2.80 bits per heavy atom. The number of nitro benzene ring substituents is 1. The monoisotopic (exact) mass is 280 g/mol. The molecular weight excluding hydrogens is 264 g/mol. The summed E-state index contributed by atoms with van der Waals surface area (Å²) in [5, 5.41) is 19.8. The molecule has 2 atom stereocenters. The molecule has 1 aromatic carbocycles. The van der Waals surface area contributed by atoms with Crippen molar-refractivity contribution in [3.63, 3.8) is 0 Å². The molecule has 20 heavy (non-hydrogen) atoms. The molecule has 7 nitrogen and oxygen atoms in total. The molecule has 1 aliphatic rings. The third kappa shape index (κ3) is 2.72. The number of carbonyl (C=O) groups is 1. The van der Waals surface area contributed by atoms with Crippen molar-refractivity contribution in [3.8, 4) is 5.75 Å². The minimum atomic E-state index is -1.24. The van der Waals surface area contributed by atoms with E-state index < -0.39 is 16.4 Å². The normalized spacial score (nSPS) is 25.4. The number of ether oxygens (including phenoxy) is 1. The number of rotatable bonds is 4. The van der Waals surface area contributed by atoms with Gasteiger partial charge < -0.3 is 15.6 Å². The van der Waals surface area contributed by atoms with Gasteiger partial charge in [-0.15, -0.1) is 0 Å². The maximum Gasteiger partial charge on any atom is 0.323 e. The highest BCUT2D eigenvalue weighted by atomic mass is 16.6. The molecule has 0 aromatic heterocycles. The van der Waals surface area contributed by atoms with Crippen molar-refractivity contribution >= 4 is 11.7 Å². The number of carboxylic acids is 1. The van der Waals surface area contributed by atoms with Crippen LogP contribution >= 0.6 is 0 Å². The van der Waals surface area contributed by atoms with Gasteiger partial charge in [-0.2, -0.15) is 0 Å². The average molecular weight is 280 g/mol. The Morgan fingerprint density at radius 2 is 2.30 bits per heavy atom. The molecule has 1 aromatic rings. The van der Waals surface area contributed by atoms with Crippen molar-refractivity contribution in [2.75, 3.05) is 0 Å². The summed E-state index contributed by atoms with van der Waals surface area (Å²) >= 11 is 0. The third-order valence-corrected chi connectivity index (χ3v) is 3.60. The first-order valence-electron chi connectivity index (χ1n) is 6.26. The zero-order valence-electron chi connectivity index (χ0n) is 11.0. The van der Waals surface area contributed by atoms with E-state index in [1.807, 2.05) is 0 Å². The predicted octanol–water partition coefficient (Wildman–Crippen LogP) is 1.62. The van der Waals surface area contributed by atoms with Crippen LogP contribution in [0.5, 0.6) is 5.75 Å². The summed E-state index contributed by atoms with van der Waals surface area (Å²) in [4.78, 5) is 21.3. The second-order valence-electron chi connectivity index (χ2n) is 5.15. The van der Waals surface area contributed by atoms with Gasteiger partial charge in [0, 0.05) is 18.1 Å². The fourth-order valence-corrected chi connectivity index (χ4v) is 2.42. The maximum atomic E-state index is 11.0. The van der Waals surface area contributed by atoms with Crippen molar-refractivity contribution in [2.24, 2.45) is 5.73 Å². The number of nitrogens with zero attached hydrogens (tertiary/aromatic N) is 1. The van der Waals surface area contributed by atoms with Gasteiger partial charge in [0.25, 0.3) is 5.69 Å². The molecular formula is C13H16N2O5. The molecule has 1 fully saturated rings. The van der Waals surface area contributed by atoms with Gasteiger partial charge >= 0.3 is 5.97 Å². The first-order valence-corrected chi connectivity index (χ1v) is 6.26. The van der Waals surface area contributed by atoms with E-state index in [0.29, 0.717) is 24.2 Å². The molecule has 3 N–H and O–H groups in total. The summed E-state index contributed by atoms with van der Waals surface area (Å²) in [6.45, 7) is 1.63. The average Bonchev–Trinajstić information content (AvgIpc) is 2.72. The van der Waals surface area contributed by atoms with E-state index in [1.165, 1.54) is 12.1 Å². The Balaban J connectivity index is 2.07. The van der Waals surface area contributed by atoms with Gasteiger partial charge in [-0.1, -0.05) is 0 Å². The molecule has 0 spiro atoms. The van der Waals surface area contributed by atoms with Gasteiger partial charge in [0.05, 0.1) is 4.92 Å². The SMILES string of the molecule is Cc1cc(OC2CCC(N)(C(=O)O)C2)ccc1[N+](=O)[O-]. The van der Waals surface area contributed by atoms with E-state index in [9.17, 15) is 14.9 Å². The first kappa shape index (κ1) is 14.3. The molecule has 2 unspecified atom stereocenters. The second kappa shape index (κ2) is 5.09. The second-order valence-corrected chi connectivity index (χ2v) is 5.15. The van der Waals surface area contributed by atoms with Gasteiger partial charge in [0.15, 0.2) is 0 Å². The molecule has 1 saturated carbocycles. The number of aryl methyl sites for hydroxylation is 1. The van der Waals surface area contributed by atoms with Crippen LogP contribution in [0.1, 0.15) is 24.8 Å². The lowest BCUT2D eigenvalue weighted by atomic mass is 10.00. The lowest BCUT2D eigenvalue weighted by molar-refractivity contribution is -0.385. The van der Waals surface area contributed by atoms with Gasteiger partial charge in [-0.25, -0.2) is 0 Å². The van der Waals surface area contributed by atoms with E-state index >= 15 is 0 Å². The summed E-state index contributed by atoms with van der Waals surface area (Å²) in [5.41, 5.74) is 5.07.